The van der Waals surface area contributed by atoms with Crippen LogP contribution in [-0.4, -0.2) is 26.2 Å². The first kappa shape index (κ1) is 18.5. The Labute approximate surface area is 157 Å². The molecule has 1 aromatic carbocycles. The molecule has 0 saturated heterocycles. The van der Waals surface area contributed by atoms with Crippen molar-refractivity contribution in [2.75, 3.05) is 13.2 Å². The maximum atomic E-state index is 14.3. The van der Waals surface area contributed by atoms with E-state index in [2.05, 4.69) is 4.40 Å². The first-order valence-corrected chi connectivity index (χ1v) is 10.8. The summed E-state index contributed by atoms with van der Waals surface area (Å²) in [5.74, 6) is -0.428. The van der Waals surface area contributed by atoms with E-state index in [-0.39, 0.29) is 9.01 Å². The molecule has 2 aromatic heterocycles. The first-order chi connectivity index (χ1) is 11.9. The van der Waals surface area contributed by atoms with Crippen LogP contribution in [0.5, 0.6) is 0 Å². The van der Waals surface area contributed by atoms with Crippen molar-refractivity contribution in [3.63, 3.8) is 0 Å². The van der Waals surface area contributed by atoms with Gasteiger partial charge in [-0.05, 0) is 31.2 Å². The molecule has 10 heteroatoms. The zero-order chi connectivity index (χ0) is 18.0. The number of benzene rings is 1. The smallest absolute Gasteiger partial charge is 0.294 e. The van der Waals surface area contributed by atoms with Gasteiger partial charge in [0.25, 0.3) is 10.0 Å². The van der Waals surface area contributed by atoms with Crippen molar-refractivity contribution in [1.29, 1.82) is 0 Å². The van der Waals surface area contributed by atoms with Gasteiger partial charge in [0.1, 0.15) is 10.0 Å². The Morgan fingerprint density at radius 2 is 2.08 bits per heavy atom. The lowest BCUT2D eigenvalue weighted by atomic mass is 10.3. The average molecular weight is 421 g/mol. The van der Waals surface area contributed by atoms with E-state index in [0.717, 1.165) is 22.7 Å². The number of ether oxygens (including phenoxy) is 1. The molecule has 0 saturated carbocycles. The Morgan fingerprint density at radius 3 is 2.76 bits per heavy atom. The van der Waals surface area contributed by atoms with Crippen molar-refractivity contribution in [3.05, 3.63) is 45.3 Å². The largest absolute Gasteiger partial charge is 0.380 e. The number of thiazole rings is 1. The van der Waals surface area contributed by atoms with E-state index in [1.54, 1.807) is 12.1 Å². The molecule has 0 aliphatic carbocycles. The monoisotopic (exact) mass is 420 g/mol. The molecule has 25 heavy (non-hydrogen) atoms. The summed E-state index contributed by atoms with van der Waals surface area (Å²) in [6.45, 7) is 3.00. The van der Waals surface area contributed by atoms with E-state index in [1.807, 2.05) is 6.92 Å². The second kappa shape index (κ2) is 7.55. The van der Waals surface area contributed by atoms with Gasteiger partial charge in [0.15, 0.2) is 0 Å². The molecule has 2 heterocycles. The molecule has 5 nitrogen and oxygen atoms in total. The van der Waals surface area contributed by atoms with E-state index in [9.17, 15) is 12.8 Å². The van der Waals surface area contributed by atoms with Crippen molar-refractivity contribution in [2.45, 2.75) is 17.7 Å². The summed E-state index contributed by atoms with van der Waals surface area (Å²) in [5.41, 5.74) is 0.324. The van der Waals surface area contributed by atoms with Gasteiger partial charge < -0.3 is 9.30 Å². The van der Waals surface area contributed by atoms with Crippen LogP contribution in [0.1, 0.15) is 6.92 Å². The van der Waals surface area contributed by atoms with Crippen LogP contribution in [0.4, 0.5) is 4.39 Å². The zero-order valence-corrected chi connectivity index (χ0v) is 16.3. The molecule has 3 rings (SSSR count). The quantitative estimate of drug-likeness (QED) is 0.568. The van der Waals surface area contributed by atoms with Gasteiger partial charge in [-0.3, -0.25) is 0 Å². The van der Waals surface area contributed by atoms with Crippen LogP contribution in [0.3, 0.4) is 0 Å². The second-order valence-corrected chi connectivity index (χ2v) is 9.50. The van der Waals surface area contributed by atoms with Gasteiger partial charge in [-0.2, -0.15) is 8.42 Å². The molecular formula is C15H14ClFN2O3S3. The number of hydrogen-bond acceptors (Lipinski definition) is 5. The SMILES string of the molecule is CCOCCn1c(=NS(=O)(=O)c2ccc(Cl)s2)sc2cccc(F)c21. The number of hydrogen-bond donors (Lipinski definition) is 0. The standard InChI is InChI=1S/C15H14ClFN2O3S3/c1-2-22-9-8-19-14-10(17)4-3-5-11(14)23-15(19)18-25(20,21)13-7-6-12(16)24-13/h3-7H,2,8-9H2,1H3. The minimum atomic E-state index is -3.92. The normalized spacial score (nSPS) is 13.0. The summed E-state index contributed by atoms with van der Waals surface area (Å²) in [7, 11) is -3.92. The molecule has 0 radical (unpaired) electrons. The fraction of sp³-hybridized carbons (Fsp3) is 0.267. The van der Waals surface area contributed by atoms with Gasteiger partial charge in [0, 0.05) is 13.2 Å². The highest BCUT2D eigenvalue weighted by Gasteiger charge is 2.18. The number of para-hydroxylation sites is 1. The Bertz CT molecular complexity index is 1070. The van der Waals surface area contributed by atoms with E-state index in [1.165, 1.54) is 22.8 Å². The van der Waals surface area contributed by atoms with Gasteiger partial charge in [-0.15, -0.1) is 15.7 Å². The Kier molecular flexibility index (Phi) is 5.59. The van der Waals surface area contributed by atoms with E-state index < -0.39 is 15.8 Å². The highest BCUT2D eigenvalue weighted by Crippen LogP contribution is 2.27. The zero-order valence-electron chi connectivity index (χ0n) is 13.1. The summed E-state index contributed by atoms with van der Waals surface area (Å²) < 4.78 is 51.1. The maximum Gasteiger partial charge on any atom is 0.294 e. The fourth-order valence-electron chi connectivity index (χ4n) is 2.25. The van der Waals surface area contributed by atoms with Crippen molar-refractivity contribution in [2.24, 2.45) is 4.40 Å². The lowest BCUT2D eigenvalue weighted by molar-refractivity contribution is 0.139. The fourth-order valence-corrected chi connectivity index (χ4v) is 5.98. The molecule has 0 amide bonds. The van der Waals surface area contributed by atoms with Gasteiger partial charge >= 0.3 is 0 Å². The summed E-state index contributed by atoms with van der Waals surface area (Å²) >= 11 is 7.86. The molecular weight excluding hydrogens is 407 g/mol. The number of fused-ring (bicyclic) bond motifs is 1. The molecule has 0 unspecified atom stereocenters. The maximum absolute atomic E-state index is 14.3. The highest BCUT2D eigenvalue weighted by molar-refractivity contribution is 7.92. The van der Waals surface area contributed by atoms with Crippen LogP contribution in [0.25, 0.3) is 10.2 Å². The van der Waals surface area contributed by atoms with E-state index >= 15 is 0 Å². The summed E-state index contributed by atoms with van der Waals surface area (Å²) in [6, 6.07) is 7.56. The van der Waals surface area contributed by atoms with Gasteiger partial charge in [0.2, 0.25) is 4.80 Å². The van der Waals surface area contributed by atoms with Gasteiger partial charge in [-0.25, -0.2) is 4.39 Å². The lowest BCUT2D eigenvalue weighted by Gasteiger charge is -2.06. The van der Waals surface area contributed by atoms with E-state index in [0.29, 0.717) is 34.3 Å². The van der Waals surface area contributed by atoms with Gasteiger partial charge in [-0.1, -0.05) is 29.0 Å². The minimum absolute atomic E-state index is 0.0480. The summed E-state index contributed by atoms with van der Waals surface area (Å²) in [5, 5.41) is 0. The highest BCUT2D eigenvalue weighted by atomic mass is 35.5. The molecule has 0 bridgehead atoms. The predicted octanol–water partition coefficient (Wildman–Crippen LogP) is 3.88. The number of rotatable bonds is 6. The van der Waals surface area contributed by atoms with Crippen LogP contribution >= 0.6 is 34.3 Å². The third kappa shape index (κ3) is 3.95. The number of thiophene rings is 1. The van der Waals surface area contributed by atoms with Crippen molar-refractivity contribution >= 4 is 54.5 Å². The first-order valence-electron chi connectivity index (χ1n) is 7.34. The van der Waals surface area contributed by atoms with Gasteiger partial charge in [0.05, 0.1) is 21.2 Å². The Morgan fingerprint density at radius 1 is 1.28 bits per heavy atom. The van der Waals surface area contributed by atoms with Crippen LogP contribution in [0.15, 0.2) is 38.9 Å². The average Bonchev–Trinajstić information content (AvgIpc) is 3.13. The molecule has 3 aromatic rings. The van der Waals surface area contributed by atoms with Crippen molar-refractivity contribution in [3.8, 4) is 0 Å². The minimum Gasteiger partial charge on any atom is -0.380 e. The van der Waals surface area contributed by atoms with Crippen molar-refractivity contribution in [1.82, 2.24) is 4.57 Å². The molecule has 0 fully saturated rings. The topological polar surface area (TPSA) is 60.7 Å². The second-order valence-electron chi connectivity index (χ2n) is 4.94. The molecule has 0 aliphatic rings. The van der Waals surface area contributed by atoms with Crippen LogP contribution in [0, 0.1) is 5.82 Å². The molecule has 0 aliphatic heterocycles. The van der Waals surface area contributed by atoms with Crippen molar-refractivity contribution < 1.29 is 17.5 Å². The number of nitrogens with zero attached hydrogens (tertiary/aromatic N) is 2. The molecule has 0 atom stereocenters. The van der Waals surface area contributed by atoms with Crippen LogP contribution < -0.4 is 4.80 Å². The third-order valence-electron chi connectivity index (χ3n) is 3.32. The number of halogens is 2. The lowest BCUT2D eigenvalue weighted by Crippen LogP contribution is -2.20. The number of sulfonamides is 1. The molecule has 134 valence electrons. The Balaban J connectivity index is 2.17. The molecule has 0 spiro atoms. The molecule has 0 N–H and O–H groups in total. The number of aromatic nitrogens is 1. The van der Waals surface area contributed by atoms with Crippen LogP contribution in [0.2, 0.25) is 4.34 Å². The third-order valence-corrected chi connectivity index (χ3v) is 7.44. The summed E-state index contributed by atoms with van der Waals surface area (Å²) in [4.78, 5) is 0.198. The van der Waals surface area contributed by atoms with E-state index in [4.69, 9.17) is 16.3 Å². The van der Waals surface area contributed by atoms with Crippen LogP contribution in [-0.2, 0) is 21.3 Å². The predicted molar refractivity (Wildman–Crippen MR) is 98.3 cm³/mol. The summed E-state index contributed by atoms with van der Waals surface area (Å²) in [6.07, 6.45) is 0. The Hall–Kier alpha value is -1.26.